The lowest BCUT2D eigenvalue weighted by molar-refractivity contribution is 0.795. The maximum absolute atomic E-state index is 9.66. The summed E-state index contributed by atoms with van der Waals surface area (Å²) in [6.07, 6.45) is 6.69. The molecule has 0 fully saturated rings. The predicted octanol–water partition coefficient (Wildman–Crippen LogP) is 13.0. The quantitative estimate of drug-likeness (QED) is 0.166. The van der Waals surface area contributed by atoms with E-state index in [1.165, 1.54) is 44.5 Å². The molecule has 4 aromatic heterocycles. The second kappa shape index (κ2) is 13.2. The van der Waals surface area contributed by atoms with Gasteiger partial charge in [0.25, 0.3) is 0 Å². The van der Waals surface area contributed by atoms with Gasteiger partial charge in [0, 0.05) is 47.0 Å². The highest BCUT2D eigenvalue weighted by atomic mass is 14.8. The summed E-state index contributed by atoms with van der Waals surface area (Å²) in [4.78, 5) is 22.9. The third-order valence-corrected chi connectivity index (χ3v) is 12.5. The van der Waals surface area contributed by atoms with Gasteiger partial charge in [0.2, 0.25) is 5.69 Å². The van der Waals surface area contributed by atoms with E-state index >= 15 is 0 Å². The van der Waals surface area contributed by atoms with Crippen molar-refractivity contribution in [2.24, 2.45) is 0 Å². The third-order valence-electron chi connectivity index (χ3n) is 12.5. The first-order valence-corrected chi connectivity index (χ1v) is 20.1. The van der Waals surface area contributed by atoms with Crippen LogP contribution in [0.2, 0.25) is 0 Å². The second-order valence-electron chi connectivity index (χ2n) is 15.6. The maximum atomic E-state index is 9.66. The fraction of sp³-hybridized carbons (Fsp3) is 0.0182. The average Bonchev–Trinajstić information content (AvgIpc) is 3.81. The Morgan fingerprint density at radius 3 is 1.46 bits per heavy atom. The van der Waals surface area contributed by atoms with Gasteiger partial charge in [0.1, 0.15) is 6.07 Å². The lowest BCUT2D eigenvalue weighted by atomic mass is 9.69. The summed E-state index contributed by atoms with van der Waals surface area (Å²) in [6.45, 7) is 7.60. The van der Waals surface area contributed by atoms with Gasteiger partial charge in [-0.1, -0.05) is 109 Å². The number of pyridine rings is 4. The van der Waals surface area contributed by atoms with Crippen molar-refractivity contribution in [3.05, 3.63) is 222 Å². The minimum Gasteiger partial charge on any atom is -0.276 e. The molecule has 6 heteroatoms. The summed E-state index contributed by atoms with van der Waals surface area (Å²) in [6, 6.07) is 58.1. The molecular weight excluding hydrogens is 745 g/mol. The Hall–Kier alpha value is -8.58. The normalized spacial score (nSPS) is 12.7. The summed E-state index contributed by atoms with van der Waals surface area (Å²) in [5.41, 5.74) is 16.9. The molecule has 0 bridgehead atoms. The Bertz CT molecular complexity index is 3350. The van der Waals surface area contributed by atoms with Crippen LogP contribution in [0, 0.1) is 17.9 Å². The van der Waals surface area contributed by atoms with E-state index in [9.17, 15) is 5.26 Å². The van der Waals surface area contributed by atoms with Crippen molar-refractivity contribution in [3.8, 4) is 73.4 Å². The molecule has 12 rings (SSSR count). The molecule has 0 unspecified atom stereocenters. The van der Waals surface area contributed by atoms with Gasteiger partial charge in [-0.05, 0) is 115 Å². The zero-order chi connectivity index (χ0) is 40.7. The van der Waals surface area contributed by atoms with Crippen LogP contribution in [0.1, 0.15) is 27.8 Å². The van der Waals surface area contributed by atoms with E-state index in [-0.39, 0.29) is 0 Å². The third kappa shape index (κ3) is 4.94. The fourth-order valence-electron chi connectivity index (χ4n) is 10.0. The number of hydrogen-bond acceptors (Lipinski definition) is 5. The van der Waals surface area contributed by atoms with Gasteiger partial charge in [-0.15, -0.1) is 0 Å². The highest BCUT2D eigenvalue weighted by molar-refractivity contribution is 6.18. The minimum absolute atomic E-state index is 0.477. The van der Waals surface area contributed by atoms with Crippen molar-refractivity contribution < 1.29 is 0 Å². The number of aromatic nitrogens is 4. The first-order valence-electron chi connectivity index (χ1n) is 20.1. The SMILES string of the molecule is [C-]#[N+]c1cncc(-c2cccc(-c3cc4c(c5ccccc35)-c3c(cc(-c5cccc(-c6cncc(C#N)c6)n5)c5ccccc35)C43c4ccccc4-c4ccccc43)n2)c1. The molecule has 0 amide bonds. The Morgan fingerprint density at radius 2 is 0.918 bits per heavy atom. The van der Waals surface area contributed by atoms with Crippen LogP contribution in [-0.4, -0.2) is 19.9 Å². The Kier molecular flexibility index (Phi) is 7.47. The van der Waals surface area contributed by atoms with E-state index in [2.05, 4.69) is 142 Å². The highest BCUT2D eigenvalue weighted by Gasteiger charge is 2.53. The fourth-order valence-corrected chi connectivity index (χ4v) is 10.0. The molecular formula is C55H30N6. The van der Waals surface area contributed by atoms with Crippen molar-refractivity contribution in [1.82, 2.24) is 19.9 Å². The number of rotatable bonds is 4. The molecule has 2 aliphatic rings. The largest absolute Gasteiger partial charge is 0.276 e. The molecule has 0 saturated heterocycles. The molecule has 0 saturated carbocycles. The minimum atomic E-state index is -0.677. The summed E-state index contributed by atoms with van der Waals surface area (Å²) in [5, 5.41) is 14.2. The van der Waals surface area contributed by atoms with Crippen LogP contribution in [0.5, 0.6) is 0 Å². The molecule has 1 spiro atoms. The predicted molar refractivity (Wildman–Crippen MR) is 242 cm³/mol. The van der Waals surface area contributed by atoms with E-state index in [0.717, 1.165) is 66.6 Å². The molecule has 0 atom stereocenters. The molecule has 61 heavy (non-hydrogen) atoms. The summed E-state index contributed by atoms with van der Waals surface area (Å²) in [7, 11) is 0. The summed E-state index contributed by atoms with van der Waals surface area (Å²) in [5.74, 6) is 0. The first-order chi connectivity index (χ1) is 30.1. The van der Waals surface area contributed by atoms with Crippen LogP contribution in [-0.2, 0) is 5.41 Å². The van der Waals surface area contributed by atoms with E-state index in [1.807, 2.05) is 36.4 Å². The highest BCUT2D eigenvalue weighted by Crippen LogP contribution is 2.66. The molecule has 280 valence electrons. The van der Waals surface area contributed by atoms with Crippen molar-refractivity contribution in [3.63, 3.8) is 0 Å². The van der Waals surface area contributed by atoms with Gasteiger partial charge in [-0.25, -0.2) is 14.8 Å². The lowest BCUT2D eigenvalue weighted by Crippen LogP contribution is -2.26. The van der Waals surface area contributed by atoms with E-state index in [4.69, 9.17) is 16.5 Å². The molecule has 6 nitrogen and oxygen atoms in total. The van der Waals surface area contributed by atoms with Crippen LogP contribution in [0.4, 0.5) is 5.69 Å². The van der Waals surface area contributed by atoms with E-state index in [0.29, 0.717) is 11.3 Å². The van der Waals surface area contributed by atoms with Crippen LogP contribution in [0.15, 0.2) is 183 Å². The topological polar surface area (TPSA) is 79.7 Å². The number of benzene rings is 6. The van der Waals surface area contributed by atoms with Crippen molar-refractivity contribution in [1.29, 1.82) is 5.26 Å². The number of nitriles is 1. The van der Waals surface area contributed by atoms with Crippen LogP contribution >= 0.6 is 0 Å². The smallest absolute Gasteiger partial charge is 0.205 e. The van der Waals surface area contributed by atoms with E-state index in [1.54, 1.807) is 24.8 Å². The Labute approximate surface area is 351 Å². The molecule has 0 radical (unpaired) electrons. The molecule has 4 heterocycles. The van der Waals surface area contributed by atoms with Crippen molar-refractivity contribution in [2.45, 2.75) is 5.41 Å². The molecule has 6 aromatic carbocycles. The van der Waals surface area contributed by atoms with Gasteiger partial charge in [0.05, 0.1) is 40.3 Å². The van der Waals surface area contributed by atoms with Crippen LogP contribution in [0.25, 0.3) is 93.7 Å². The molecule has 10 aromatic rings. The summed E-state index contributed by atoms with van der Waals surface area (Å²) >= 11 is 0. The standard InChI is InChI=1S/C55H30N6/c1-57-36-25-35(31-59-32-36)50-21-11-23-52(61-50)44-27-48-54(42-17-5-3-13-38(42)44)53-41-16-4-2-12-37(41)43(51-22-10-20-49(60-51)34-24-33(28-56)29-58-30-34)26-47(53)55(48)45-18-8-6-14-39(45)40-15-7-9-19-46(40)55/h2-27,29-32H. The number of nitrogens with zero attached hydrogens (tertiary/aromatic N) is 6. The van der Waals surface area contributed by atoms with Gasteiger partial charge in [0.15, 0.2) is 0 Å². The van der Waals surface area contributed by atoms with Crippen LogP contribution < -0.4 is 0 Å². The number of fused-ring (bicyclic) bond motifs is 14. The molecule has 2 aliphatic carbocycles. The average molecular weight is 775 g/mol. The number of hydrogen-bond donors (Lipinski definition) is 0. The van der Waals surface area contributed by atoms with Gasteiger partial charge in [-0.3, -0.25) is 9.97 Å². The van der Waals surface area contributed by atoms with Crippen molar-refractivity contribution in [2.75, 3.05) is 0 Å². The molecule has 0 N–H and O–H groups in total. The second-order valence-corrected chi connectivity index (χ2v) is 15.6. The van der Waals surface area contributed by atoms with Gasteiger partial charge in [-0.2, -0.15) is 5.26 Å². The maximum Gasteiger partial charge on any atom is 0.205 e. The lowest BCUT2D eigenvalue weighted by Gasteiger charge is -2.31. The molecule has 0 aliphatic heterocycles. The monoisotopic (exact) mass is 774 g/mol. The first kappa shape index (κ1) is 34.5. The zero-order valence-electron chi connectivity index (χ0n) is 32.5. The van der Waals surface area contributed by atoms with Crippen LogP contribution in [0.3, 0.4) is 0 Å². The van der Waals surface area contributed by atoms with Gasteiger partial charge < -0.3 is 0 Å². The Morgan fingerprint density at radius 1 is 0.443 bits per heavy atom. The van der Waals surface area contributed by atoms with Gasteiger partial charge >= 0.3 is 0 Å². The van der Waals surface area contributed by atoms with E-state index < -0.39 is 5.41 Å². The summed E-state index contributed by atoms with van der Waals surface area (Å²) < 4.78 is 0. The Balaban J connectivity index is 1.20. The van der Waals surface area contributed by atoms with Crippen molar-refractivity contribution >= 4 is 27.2 Å². The zero-order valence-corrected chi connectivity index (χ0v) is 32.5.